The standard InChI is InChI=1S/C30H32O12/c31-19(7-3-17-4-8-20(32)23(35)12-17)16-41-30(29(38)39)14-25(37)28-27(15-30)42-26(2-1-11-40-28)22(34)10-6-18-5-9-21(33)24(36)13-18/h3-10,12-13,25-28,32-33,35-37H,1-2,11,14-16H2,(H,38,39)/b7-3+,10-6+/t25-,26+,27-,28-,30+/m1/s1. The first-order valence-corrected chi connectivity index (χ1v) is 13.3. The minimum Gasteiger partial charge on any atom is -0.504 e. The summed E-state index contributed by atoms with van der Waals surface area (Å²) in [7, 11) is 0. The molecule has 1 aliphatic heterocycles. The van der Waals surface area contributed by atoms with Gasteiger partial charge in [0.25, 0.3) is 0 Å². The number of hydrogen-bond acceptors (Lipinski definition) is 11. The molecular weight excluding hydrogens is 552 g/mol. The van der Waals surface area contributed by atoms with Gasteiger partial charge >= 0.3 is 5.97 Å². The first-order valence-electron chi connectivity index (χ1n) is 13.3. The van der Waals surface area contributed by atoms with E-state index in [-0.39, 0.29) is 48.9 Å². The van der Waals surface area contributed by atoms with Crippen molar-refractivity contribution in [2.45, 2.75) is 55.7 Å². The molecule has 0 unspecified atom stereocenters. The Morgan fingerprint density at radius 1 is 0.905 bits per heavy atom. The van der Waals surface area contributed by atoms with Crippen LogP contribution in [0.1, 0.15) is 36.8 Å². The molecule has 4 rings (SSSR count). The number of carboxylic acid groups (broad SMARTS) is 1. The van der Waals surface area contributed by atoms with Gasteiger partial charge in [0.05, 0.1) is 12.2 Å². The van der Waals surface area contributed by atoms with Crippen LogP contribution in [-0.4, -0.2) is 91.4 Å². The van der Waals surface area contributed by atoms with E-state index in [0.29, 0.717) is 17.5 Å². The number of benzene rings is 2. The second kappa shape index (κ2) is 13.2. The summed E-state index contributed by atoms with van der Waals surface area (Å²) in [5.41, 5.74) is -1.14. The van der Waals surface area contributed by atoms with Crippen molar-refractivity contribution in [2.24, 2.45) is 0 Å². The summed E-state index contributed by atoms with van der Waals surface area (Å²) in [6.07, 6.45) is 0.951. The lowest BCUT2D eigenvalue weighted by Gasteiger charge is -2.45. The van der Waals surface area contributed by atoms with Gasteiger partial charge in [-0.05, 0) is 60.4 Å². The average molecular weight is 585 g/mol. The number of carbonyl (C=O) groups is 3. The maximum Gasteiger partial charge on any atom is 0.336 e. The number of aliphatic hydroxyl groups excluding tert-OH is 1. The quantitative estimate of drug-likeness (QED) is 0.186. The molecule has 0 amide bonds. The average Bonchev–Trinajstić information content (AvgIpc) is 2.93. The smallest absolute Gasteiger partial charge is 0.336 e. The highest BCUT2D eigenvalue weighted by atomic mass is 16.6. The molecule has 224 valence electrons. The Morgan fingerprint density at radius 3 is 2.12 bits per heavy atom. The Labute approximate surface area is 240 Å². The van der Waals surface area contributed by atoms with E-state index in [1.165, 1.54) is 54.6 Å². The highest BCUT2D eigenvalue weighted by molar-refractivity contribution is 5.97. The van der Waals surface area contributed by atoms with Crippen LogP contribution in [0.15, 0.2) is 48.6 Å². The zero-order valence-corrected chi connectivity index (χ0v) is 22.5. The van der Waals surface area contributed by atoms with Crippen LogP contribution in [0.2, 0.25) is 0 Å². The number of aromatic hydroxyl groups is 4. The molecule has 2 aromatic carbocycles. The van der Waals surface area contributed by atoms with Crippen molar-refractivity contribution in [1.82, 2.24) is 0 Å². The molecule has 1 saturated carbocycles. The molecule has 2 aromatic rings. The van der Waals surface area contributed by atoms with E-state index >= 15 is 0 Å². The number of carbonyl (C=O) groups excluding carboxylic acids is 2. The monoisotopic (exact) mass is 584 g/mol. The fourth-order valence-corrected chi connectivity index (χ4v) is 4.92. The summed E-state index contributed by atoms with van der Waals surface area (Å²) in [6, 6.07) is 8.01. The first kappa shape index (κ1) is 30.7. The summed E-state index contributed by atoms with van der Waals surface area (Å²) < 4.78 is 17.4. The lowest BCUT2D eigenvalue weighted by atomic mass is 9.78. The van der Waals surface area contributed by atoms with E-state index in [2.05, 4.69) is 0 Å². The molecule has 0 radical (unpaired) electrons. The van der Waals surface area contributed by atoms with Gasteiger partial charge in [0, 0.05) is 19.4 Å². The molecule has 2 aliphatic rings. The maximum atomic E-state index is 13.0. The van der Waals surface area contributed by atoms with Crippen molar-refractivity contribution in [3.63, 3.8) is 0 Å². The van der Waals surface area contributed by atoms with Crippen molar-refractivity contribution in [3.8, 4) is 23.0 Å². The van der Waals surface area contributed by atoms with E-state index in [1.54, 1.807) is 0 Å². The van der Waals surface area contributed by atoms with Crippen LogP contribution in [0.3, 0.4) is 0 Å². The molecule has 0 spiro atoms. The van der Waals surface area contributed by atoms with E-state index in [4.69, 9.17) is 14.2 Å². The number of hydrogen-bond donors (Lipinski definition) is 6. The number of phenols is 4. The zero-order chi connectivity index (χ0) is 30.4. The molecule has 6 N–H and O–H groups in total. The van der Waals surface area contributed by atoms with E-state index in [9.17, 15) is 45.0 Å². The highest BCUT2D eigenvalue weighted by Crippen LogP contribution is 2.38. The second-order valence-corrected chi connectivity index (χ2v) is 10.2. The molecule has 12 heteroatoms. The van der Waals surface area contributed by atoms with E-state index in [1.807, 2.05) is 0 Å². The predicted octanol–water partition coefficient (Wildman–Crippen LogP) is 2.30. The Bertz CT molecular complexity index is 1380. The molecular formula is C30H32O12. The maximum absolute atomic E-state index is 13.0. The summed E-state index contributed by atoms with van der Waals surface area (Å²) in [5, 5.41) is 59.1. The lowest BCUT2D eigenvalue weighted by Crippen LogP contribution is -2.60. The molecule has 0 aromatic heterocycles. The fraction of sp³-hybridized carbons (Fsp3) is 0.367. The summed E-state index contributed by atoms with van der Waals surface area (Å²) in [4.78, 5) is 37.9. The Hall–Kier alpha value is -4.23. The Balaban J connectivity index is 1.46. The van der Waals surface area contributed by atoms with Crippen molar-refractivity contribution < 1.29 is 59.2 Å². The number of aliphatic carboxylic acids is 1. The third kappa shape index (κ3) is 7.34. The van der Waals surface area contributed by atoms with Gasteiger partial charge in [-0.15, -0.1) is 0 Å². The number of phenolic OH excluding ortho intramolecular Hbond substituents is 4. The SMILES string of the molecule is O=C(/C=C/c1ccc(O)c(O)c1)CO[C@@]1(C(=O)O)C[C@@H](O)[C@H]2OCCC[C@@H](C(=O)/C=C/c3ccc(O)c(O)c3)O[C@@H]2C1. The second-order valence-electron chi connectivity index (χ2n) is 10.2. The van der Waals surface area contributed by atoms with E-state index in [0.717, 1.165) is 6.08 Å². The molecule has 0 bridgehead atoms. The van der Waals surface area contributed by atoms with Crippen LogP contribution in [0.4, 0.5) is 0 Å². The largest absolute Gasteiger partial charge is 0.504 e. The minimum atomic E-state index is -2.00. The summed E-state index contributed by atoms with van der Waals surface area (Å²) in [6.45, 7) is -0.430. The first-order chi connectivity index (χ1) is 20.0. The zero-order valence-electron chi connectivity index (χ0n) is 22.5. The Kier molecular flexibility index (Phi) is 9.63. The van der Waals surface area contributed by atoms with Gasteiger partial charge in [0.1, 0.15) is 18.8 Å². The molecule has 1 heterocycles. The van der Waals surface area contributed by atoms with Gasteiger partial charge in [-0.3, -0.25) is 9.59 Å². The van der Waals surface area contributed by atoms with Gasteiger partial charge in [-0.2, -0.15) is 0 Å². The Morgan fingerprint density at radius 2 is 1.52 bits per heavy atom. The van der Waals surface area contributed by atoms with Crippen LogP contribution < -0.4 is 0 Å². The summed E-state index contributed by atoms with van der Waals surface area (Å²) in [5.74, 6) is -3.77. The topological polar surface area (TPSA) is 200 Å². The van der Waals surface area contributed by atoms with Crippen molar-refractivity contribution in [3.05, 3.63) is 59.7 Å². The van der Waals surface area contributed by atoms with Gasteiger partial charge < -0.3 is 44.8 Å². The minimum absolute atomic E-state index is 0.206. The third-order valence-electron chi connectivity index (χ3n) is 7.17. The fourth-order valence-electron chi connectivity index (χ4n) is 4.92. The number of rotatable bonds is 9. The molecule has 5 atom stereocenters. The van der Waals surface area contributed by atoms with Crippen molar-refractivity contribution in [2.75, 3.05) is 13.2 Å². The highest BCUT2D eigenvalue weighted by Gasteiger charge is 2.53. The molecule has 1 saturated heterocycles. The van der Waals surface area contributed by atoms with Crippen LogP contribution >= 0.6 is 0 Å². The van der Waals surface area contributed by atoms with Crippen molar-refractivity contribution in [1.29, 1.82) is 0 Å². The van der Waals surface area contributed by atoms with Crippen LogP contribution in [-0.2, 0) is 28.6 Å². The normalized spacial score (nSPS) is 26.4. The molecule has 1 aliphatic carbocycles. The van der Waals surface area contributed by atoms with Gasteiger partial charge in [-0.1, -0.05) is 24.3 Å². The number of carboxylic acids is 1. The lowest BCUT2D eigenvalue weighted by molar-refractivity contribution is -0.225. The van der Waals surface area contributed by atoms with Crippen molar-refractivity contribution >= 4 is 29.7 Å². The van der Waals surface area contributed by atoms with E-state index < -0.39 is 54.2 Å². The van der Waals surface area contributed by atoms with Crippen LogP contribution in [0.5, 0.6) is 23.0 Å². The number of aliphatic hydroxyl groups is 1. The number of ketones is 2. The molecule has 42 heavy (non-hydrogen) atoms. The van der Waals surface area contributed by atoms with Crippen LogP contribution in [0.25, 0.3) is 12.2 Å². The summed E-state index contributed by atoms with van der Waals surface area (Å²) >= 11 is 0. The van der Waals surface area contributed by atoms with Gasteiger partial charge in [0.2, 0.25) is 0 Å². The third-order valence-corrected chi connectivity index (χ3v) is 7.17. The van der Waals surface area contributed by atoms with Gasteiger partial charge in [0.15, 0.2) is 40.2 Å². The number of ether oxygens (including phenoxy) is 3. The molecule has 2 fully saturated rings. The predicted molar refractivity (Wildman–Crippen MR) is 147 cm³/mol. The van der Waals surface area contributed by atoms with Crippen LogP contribution in [0, 0.1) is 0 Å². The van der Waals surface area contributed by atoms with Gasteiger partial charge in [-0.25, -0.2) is 4.79 Å². The number of fused-ring (bicyclic) bond motifs is 1. The molecule has 12 nitrogen and oxygen atoms in total.